The summed E-state index contributed by atoms with van der Waals surface area (Å²) in [6.45, 7) is 5.87. The van der Waals surface area contributed by atoms with E-state index in [0.29, 0.717) is 10.4 Å². The van der Waals surface area contributed by atoms with Crippen molar-refractivity contribution in [3.63, 3.8) is 0 Å². The summed E-state index contributed by atoms with van der Waals surface area (Å²) < 4.78 is 5.31. The molecule has 0 saturated carbocycles. The second-order valence-electron chi connectivity index (χ2n) is 3.97. The van der Waals surface area contributed by atoms with Gasteiger partial charge in [-0.3, -0.25) is 0 Å². The van der Waals surface area contributed by atoms with Crippen LogP contribution >= 0.6 is 23.4 Å². The van der Waals surface area contributed by atoms with Gasteiger partial charge < -0.3 is 4.42 Å². The van der Waals surface area contributed by atoms with Gasteiger partial charge in [-0.1, -0.05) is 18.5 Å². The normalized spacial score (nSPS) is 10.9. The molecular weight excluding hydrogens is 270 g/mol. The first-order valence-corrected chi connectivity index (χ1v) is 6.92. The number of oxazole rings is 1. The highest BCUT2D eigenvalue weighted by Crippen LogP contribution is 2.30. The van der Waals surface area contributed by atoms with E-state index in [1.807, 2.05) is 13.8 Å². The van der Waals surface area contributed by atoms with Gasteiger partial charge in [-0.25, -0.2) is 15.0 Å². The van der Waals surface area contributed by atoms with E-state index in [9.17, 15) is 0 Å². The van der Waals surface area contributed by atoms with Gasteiger partial charge in [0.2, 0.25) is 0 Å². The number of aromatic nitrogens is 3. The van der Waals surface area contributed by atoms with Crippen molar-refractivity contribution >= 4 is 23.4 Å². The van der Waals surface area contributed by atoms with E-state index in [2.05, 4.69) is 21.9 Å². The van der Waals surface area contributed by atoms with Gasteiger partial charge in [0.1, 0.15) is 22.3 Å². The summed E-state index contributed by atoms with van der Waals surface area (Å²) in [5, 5.41) is 1.88. The van der Waals surface area contributed by atoms with Gasteiger partial charge in [-0.05, 0) is 32.0 Å². The van der Waals surface area contributed by atoms with Gasteiger partial charge in [0.15, 0.2) is 0 Å². The summed E-state index contributed by atoms with van der Waals surface area (Å²) in [4.78, 5) is 13.0. The van der Waals surface area contributed by atoms with Crippen molar-refractivity contribution in [1.82, 2.24) is 15.0 Å². The SMILES string of the molecule is CCCc1nc(Cl)c(C)c(Sc2nc(C)co2)n1. The molecule has 96 valence electrons. The molecule has 2 aromatic rings. The number of hydrogen-bond acceptors (Lipinski definition) is 5. The van der Waals surface area contributed by atoms with Crippen LogP contribution in [0.4, 0.5) is 0 Å². The molecule has 0 atom stereocenters. The van der Waals surface area contributed by atoms with E-state index in [1.165, 1.54) is 11.8 Å². The van der Waals surface area contributed by atoms with Crippen LogP contribution in [0.5, 0.6) is 0 Å². The first-order valence-electron chi connectivity index (χ1n) is 5.73. The molecule has 0 amide bonds. The number of halogens is 1. The second kappa shape index (κ2) is 5.71. The minimum absolute atomic E-state index is 0.499. The van der Waals surface area contributed by atoms with Crippen molar-refractivity contribution in [3.05, 3.63) is 28.5 Å². The fraction of sp³-hybridized carbons (Fsp3) is 0.417. The smallest absolute Gasteiger partial charge is 0.262 e. The second-order valence-corrected chi connectivity index (χ2v) is 5.27. The van der Waals surface area contributed by atoms with E-state index < -0.39 is 0 Å². The van der Waals surface area contributed by atoms with Crippen molar-refractivity contribution in [2.45, 2.75) is 43.9 Å². The zero-order valence-corrected chi connectivity index (χ0v) is 12.1. The van der Waals surface area contributed by atoms with Crippen LogP contribution in [0.1, 0.15) is 30.4 Å². The van der Waals surface area contributed by atoms with E-state index in [-0.39, 0.29) is 0 Å². The third-order valence-corrected chi connectivity index (χ3v) is 3.66. The number of nitrogens with zero attached hydrogens (tertiary/aromatic N) is 3. The van der Waals surface area contributed by atoms with Crippen molar-refractivity contribution in [3.8, 4) is 0 Å². The Kier molecular flexibility index (Phi) is 4.24. The molecular formula is C12H14ClN3OS. The van der Waals surface area contributed by atoms with Gasteiger partial charge in [-0.2, -0.15) is 0 Å². The standard InChI is InChI=1S/C12H14ClN3OS/c1-4-5-9-15-10(13)8(3)11(16-9)18-12-14-7(2)6-17-12/h6H,4-5H2,1-3H3. The minimum Gasteiger partial charge on any atom is -0.439 e. The van der Waals surface area contributed by atoms with Gasteiger partial charge in [0, 0.05) is 12.0 Å². The van der Waals surface area contributed by atoms with E-state index in [0.717, 1.165) is 34.9 Å². The predicted octanol–water partition coefficient (Wildman–Crippen LogP) is 3.84. The molecule has 18 heavy (non-hydrogen) atoms. The first-order chi connectivity index (χ1) is 8.60. The Bertz CT molecular complexity index is 556. The molecule has 0 bridgehead atoms. The lowest BCUT2D eigenvalue weighted by Crippen LogP contribution is -1.99. The molecule has 0 unspecified atom stereocenters. The van der Waals surface area contributed by atoms with Crippen LogP contribution < -0.4 is 0 Å². The zero-order chi connectivity index (χ0) is 13.1. The van der Waals surface area contributed by atoms with E-state index in [1.54, 1.807) is 6.26 Å². The highest BCUT2D eigenvalue weighted by Gasteiger charge is 2.13. The van der Waals surface area contributed by atoms with Crippen molar-refractivity contribution in [2.75, 3.05) is 0 Å². The molecule has 2 rings (SSSR count). The fourth-order valence-electron chi connectivity index (χ4n) is 1.41. The van der Waals surface area contributed by atoms with Crippen LogP contribution in [0.2, 0.25) is 5.15 Å². The summed E-state index contributed by atoms with van der Waals surface area (Å²) in [5.74, 6) is 0.763. The molecule has 0 aliphatic rings. The Morgan fingerprint density at radius 1 is 1.28 bits per heavy atom. The van der Waals surface area contributed by atoms with Crippen molar-refractivity contribution in [2.24, 2.45) is 0 Å². The minimum atomic E-state index is 0.499. The Balaban J connectivity index is 2.31. The lowest BCUT2D eigenvalue weighted by atomic mass is 10.3. The van der Waals surface area contributed by atoms with E-state index >= 15 is 0 Å². The highest BCUT2D eigenvalue weighted by molar-refractivity contribution is 7.99. The molecule has 4 nitrogen and oxygen atoms in total. The van der Waals surface area contributed by atoms with Gasteiger partial charge in [-0.15, -0.1) is 0 Å². The molecule has 0 aliphatic heterocycles. The monoisotopic (exact) mass is 283 g/mol. The summed E-state index contributed by atoms with van der Waals surface area (Å²) >= 11 is 7.49. The number of rotatable bonds is 4. The first kappa shape index (κ1) is 13.4. The zero-order valence-electron chi connectivity index (χ0n) is 10.5. The van der Waals surface area contributed by atoms with E-state index in [4.69, 9.17) is 16.0 Å². The Labute approximate surface area is 115 Å². The van der Waals surface area contributed by atoms with Gasteiger partial charge in [0.05, 0.1) is 5.69 Å². The molecule has 0 radical (unpaired) electrons. The highest BCUT2D eigenvalue weighted by atomic mass is 35.5. The molecule has 0 N–H and O–H groups in total. The number of hydrogen-bond donors (Lipinski definition) is 0. The van der Waals surface area contributed by atoms with Gasteiger partial charge in [0.25, 0.3) is 5.22 Å². The molecule has 6 heteroatoms. The molecule has 2 heterocycles. The molecule has 2 aromatic heterocycles. The summed E-state index contributed by atoms with van der Waals surface area (Å²) in [7, 11) is 0. The van der Waals surface area contributed by atoms with Crippen LogP contribution in [0.25, 0.3) is 0 Å². The summed E-state index contributed by atoms with van der Waals surface area (Å²) in [6.07, 6.45) is 3.42. The van der Waals surface area contributed by atoms with Crippen LogP contribution in [0, 0.1) is 13.8 Å². The summed E-state index contributed by atoms with van der Waals surface area (Å²) in [5.41, 5.74) is 1.71. The van der Waals surface area contributed by atoms with Crippen LogP contribution in [-0.2, 0) is 6.42 Å². The largest absolute Gasteiger partial charge is 0.439 e. The average Bonchev–Trinajstić information content (AvgIpc) is 2.71. The van der Waals surface area contributed by atoms with Crippen molar-refractivity contribution < 1.29 is 4.42 Å². The van der Waals surface area contributed by atoms with Crippen LogP contribution in [0.3, 0.4) is 0 Å². The average molecular weight is 284 g/mol. The Hall–Kier alpha value is -1.07. The van der Waals surface area contributed by atoms with Crippen LogP contribution in [0.15, 0.2) is 20.9 Å². The topological polar surface area (TPSA) is 51.8 Å². The quantitative estimate of drug-likeness (QED) is 0.798. The molecule has 0 fully saturated rings. The number of aryl methyl sites for hydroxylation is 2. The third-order valence-electron chi connectivity index (χ3n) is 2.34. The third kappa shape index (κ3) is 3.03. The maximum absolute atomic E-state index is 6.11. The van der Waals surface area contributed by atoms with Crippen molar-refractivity contribution in [1.29, 1.82) is 0 Å². The molecule has 0 saturated heterocycles. The lowest BCUT2D eigenvalue weighted by molar-refractivity contribution is 0.453. The van der Waals surface area contributed by atoms with Gasteiger partial charge >= 0.3 is 0 Å². The lowest BCUT2D eigenvalue weighted by Gasteiger charge is -2.06. The fourth-order valence-corrected chi connectivity index (χ4v) is 2.50. The molecule has 0 aliphatic carbocycles. The predicted molar refractivity (Wildman–Crippen MR) is 71.1 cm³/mol. The molecule has 0 spiro atoms. The Morgan fingerprint density at radius 3 is 2.67 bits per heavy atom. The molecule has 0 aromatic carbocycles. The maximum atomic E-state index is 6.11. The maximum Gasteiger partial charge on any atom is 0.262 e. The Morgan fingerprint density at radius 2 is 2.06 bits per heavy atom. The van der Waals surface area contributed by atoms with Crippen LogP contribution in [-0.4, -0.2) is 15.0 Å². The summed E-state index contributed by atoms with van der Waals surface area (Å²) in [6, 6.07) is 0.